The third-order valence-corrected chi connectivity index (χ3v) is 6.95. The van der Waals surface area contributed by atoms with Crippen molar-refractivity contribution in [1.82, 2.24) is 20.4 Å². The van der Waals surface area contributed by atoms with Crippen LogP contribution in [0.5, 0.6) is 0 Å². The van der Waals surface area contributed by atoms with Gasteiger partial charge in [0.15, 0.2) is 17.3 Å². The molecule has 2 aromatic carbocycles. The highest BCUT2D eigenvalue weighted by Crippen LogP contribution is 2.32. The lowest BCUT2D eigenvalue weighted by Gasteiger charge is -2.09. The summed E-state index contributed by atoms with van der Waals surface area (Å²) < 4.78 is 33.2. The maximum absolute atomic E-state index is 14.8. The van der Waals surface area contributed by atoms with Crippen molar-refractivity contribution in [2.24, 2.45) is 0 Å². The van der Waals surface area contributed by atoms with Gasteiger partial charge in [-0.3, -0.25) is 0 Å². The van der Waals surface area contributed by atoms with Gasteiger partial charge in [-0.25, -0.2) is 18.7 Å². The zero-order valence-corrected chi connectivity index (χ0v) is 21.3. The highest BCUT2D eigenvalue weighted by molar-refractivity contribution is 7.99. The van der Waals surface area contributed by atoms with Crippen molar-refractivity contribution in [2.45, 2.75) is 50.1 Å². The predicted octanol–water partition coefficient (Wildman–Crippen LogP) is 6.53. The van der Waals surface area contributed by atoms with E-state index >= 15 is 0 Å². The van der Waals surface area contributed by atoms with E-state index in [9.17, 15) is 8.78 Å². The van der Waals surface area contributed by atoms with E-state index in [0.29, 0.717) is 40.2 Å². The van der Waals surface area contributed by atoms with Gasteiger partial charge in [-0.05, 0) is 43.2 Å². The number of rotatable bonds is 10. The summed E-state index contributed by atoms with van der Waals surface area (Å²) in [4.78, 5) is 10.1. The fourth-order valence-electron chi connectivity index (χ4n) is 3.54. The van der Waals surface area contributed by atoms with Crippen LogP contribution in [0.15, 0.2) is 64.1 Å². The first-order valence-electron chi connectivity index (χ1n) is 11.8. The molecular formula is C27H29F2N5OS. The van der Waals surface area contributed by atoms with E-state index in [0.717, 1.165) is 12.0 Å². The lowest BCUT2D eigenvalue weighted by atomic mass is 10.1. The summed E-state index contributed by atoms with van der Waals surface area (Å²) in [6, 6.07) is 14.5. The summed E-state index contributed by atoms with van der Waals surface area (Å²) in [7, 11) is 0. The number of nitrogens with zero attached hydrogens (tertiary/aromatic N) is 3. The molecular weight excluding hydrogens is 480 g/mol. The Hall–Kier alpha value is -3.30. The van der Waals surface area contributed by atoms with Crippen molar-refractivity contribution in [1.29, 1.82) is 0 Å². The molecule has 9 heteroatoms. The average molecular weight is 510 g/mol. The summed E-state index contributed by atoms with van der Waals surface area (Å²) in [5, 5.41) is 7.51. The number of aromatic nitrogens is 3. The van der Waals surface area contributed by atoms with Gasteiger partial charge in [0.1, 0.15) is 17.7 Å². The Labute approximate surface area is 213 Å². The third-order valence-electron chi connectivity index (χ3n) is 5.67. The molecule has 0 fully saturated rings. The highest BCUT2D eigenvalue weighted by atomic mass is 32.2. The van der Waals surface area contributed by atoms with E-state index in [-0.39, 0.29) is 17.9 Å². The fraction of sp³-hybridized carbons (Fsp3) is 0.296. The van der Waals surface area contributed by atoms with E-state index in [1.54, 1.807) is 24.4 Å². The third kappa shape index (κ3) is 6.27. The quantitative estimate of drug-likeness (QED) is 0.235. The van der Waals surface area contributed by atoms with Crippen LogP contribution in [-0.4, -0.2) is 33.1 Å². The van der Waals surface area contributed by atoms with Gasteiger partial charge in [-0.15, -0.1) is 11.8 Å². The second kappa shape index (κ2) is 11.6. The molecule has 0 saturated heterocycles. The van der Waals surface area contributed by atoms with Gasteiger partial charge >= 0.3 is 0 Å². The second-order valence-electron chi connectivity index (χ2n) is 8.65. The van der Waals surface area contributed by atoms with E-state index in [2.05, 4.69) is 46.4 Å². The van der Waals surface area contributed by atoms with Gasteiger partial charge in [0, 0.05) is 40.4 Å². The number of nitrogens with two attached hydrogens (primary N) is 1. The van der Waals surface area contributed by atoms with Crippen LogP contribution in [0.25, 0.3) is 34.0 Å². The number of nitrogens with one attached hydrogen (secondary N) is 1. The molecule has 4 aromatic rings. The van der Waals surface area contributed by atoms with Crippen LogP contribution < -0.4 is 11.1 Å². The van der Waals surface area contributed by atoms with E-state index in [1.807, 2.05) is 23.9 Å². The molecule has 36 heavy (non-hydrogen) atoms. The molecule has 0 aliphatic carbocycles. The molecule has 4 rings (SSSR count). The lowest BCUT2D eigenvalue weighted by Crippen LogP contribution is -2.21. The number of alkyl halides is 1. The van der Waals surface area contributed by atoms with Crippen LogP contribution in [0.3, 0.4) is 0 Å². The van der Waals surface area contributed by atoms with Gasteiger partial charge < -0.3 is 15.6 Å². The molecule has 0 spiro atoms. The Morgan fingerprint density at radius 3 is 2.56 bits per heavy atom. The number of hydrogen-bond donors (Lipinski definition) is 2. The molecule has 2 aromatic heterocycles. The molecule has 3 N–H and O–H groups in total. The normalized spacial score (nSPS) is 13.0. The van der Waals surface area contributed by atoms with Crippen molar-refractivity contribution in [3.63, 3.8) is 0 Å². The Bertz CT molecular complexity index is 1310. The molecule has 2 unspecified atom stereocenters. The molecule has 0 aliphatic rings. The highest BCUT2D eigenvalue weighted by Gasteiger charge is 2.17. The van der Waals surface area contributed by atoms with Gasteiger partial charge in [-0.2, -0.15) is 0 Å². The van der Waals surface area contributed by atoms with Crippen molar-refractivity contribution < 1.29 is 13.3 Å². The molecule has 2 atom stereocenters. The fourth-order valence-corrected chi connectivity index (χ4v) is 4.47. The molecule has 0 aliphatic heterocycles. The molecule has 6 nitrogen and oxygen atoms in total. The van der Waals surface area contributed by atoms with Crippen LogP contribution in [0.4, 0.5) is 14.6 Å². The first-order chi connectivity index (χ1) is 17.3. The summed E-state index contributed by atoms with van der Waals surface area (Å²) in [5.41, 5.74) is 9.27. The van der Waals surface area contributed by atoms with E-state index in [1.165, 1.54) is 17.9 Å². The zero-order valence-electron chi connectivity index (χ0n) is 20.5. The Kier molecular flexibility index (Phi) is 8.32. The number of hydrogen-bond acceptors (Lipinski definition) is 7. The first kappa shape index (κ1) is 25.8. The lowest BCUT2D eigenvalue weighted by molar-refractivity contribution is 0.344. The molecule has 188 valence electrons. The van der Waals surface area contributed by atoms with Gasteiger partial charge in [0.2, 0.25) is 0 Å². The smallest absolute Gasteiger partial charge is 0.189 e. The van der Waals surface area contributed by atoms with Crippen molar-refractivity contribution >= 4 is 17.6 Å². The SMILES string of the molecule is CCC(C)Sc1ccc(-c2cnc(N)c(-c3cc(-c4ccc(CNCC(C)F)cc4F)no3)n2)cc1. The number of halogens is 2. The van der Waals surface area contributed by atoms with Crippen molar-refractivity contribution in [2.75, 3.05) is 12.3 Å². The van der Waals surface area contributed by atoms with Gasteiger partial charge in [-0.1, -0.05) is 37.2 Å². The zero-order chi connectivity index (χ0) is 25.7. The minimum absolute atomic E-state index is 0.189. The van der Waals surface area contributed by atoms with Crippen LogP contribution in [0, 0.1) is 5.82 Å². The van der Waals surface area contributed by atoms with Gasteiger partial charge in [0.05, 0.1) is 11.9 Å². The molecule has 0 bridgehead atoms. The number of nitrogen functional groups attached to an aromatic ring is 1. The first-order valence-corrected chi connectivity index (χ1v) is 12.7. The maximum atomic E-state index is 14.8. The minimum atomic E-state index is -0.968. The van der Waals surface area contributed by atoms with E-state index < -0.39 is 12.0 Å². The summed E-state index contributed by atoms with van der Waals surface area (Å²) in [6.07, 6.45) is 1.75. The Morgan fingerprint density at radius 2 is 1.86 bits per heavy atom. The largest absolute Gasteiger partial charge is 0.382 e. The van der Waals surface area contributed by atoms with Gasteiger partial charge in [0.25, 0.3) is 0 Å². The van der Waals surface area contributed by atoms with Crippen LogP contribution in [0.1, 0.15) is 32.8 Å². The van der Waals surface area contributed by atoms with Crippen LogP contribution >= 0.6 is 11.8 Å². The average Bonchev–Trinajstić information content (AvgIpc) is 3.34. The van der Waals surface area contributed by atoms with Crippen LogP contribution in [0.2, 0.25) is 0 Å². The van der Waals surface area contributed by atoms with Crippen LogP contribution in [-0.2, 0) is 6.54 Å². The Balaban J connectivity index is 1.54. The molecule has 0 radical (unpaired) electrons. The molecule has 0 amide bonds. The summed E-state index contributed by atoms with van der Waals surface area (Å²) in [5.74, 6) is 0.0304. The minimum Gasteiger partial charge on any atom is -0.382 e. The number of benzene rings is 2. The Morgan fingerprint density at radius 1 is 1.08 bits per heavy atom. The molecule has 0 saturated carbocycles. The van der Waals surface area contributed by atoms with Crippen molar-refractivity contribution in [3.8, 4) is 34.0 Å². The summed E-state index contributed by atoms with van der Waals surface area (Å²) >= 11 is 1.83. The standard InChI is InChI=1S/C27H29F2N5OS/c1-4-17(3)36-20-8-6-19(7-9-20)24-15-32-27(30)26(33-24)25-12-23(34-35-25)21-10-5-18(11-22(21)29)14-31-13-16(2)28/h5-12,15-17,31H,4,13-14H2,1-3H3,(H2,30,32). The molecule has 2 heterocycles. The van der Waals surface area contributed by atoms with Crippen molar-refractivity contribution in [3.05, 3.63) is 66.1 Å². The second-order valence-corrected chi connectivity index (χ2v) is 10.2. The predicted molar refractivity (Wildman–Crippen MR) is 141 cm³/mol. The number of anilines is 1. The maximum Gasteiger partial charge on any atom is 0.189 e. The summed E-state index contributed by atoms with van der Waals surface area (Å²) in [6.45, 7) is 6.42. The topological polar surface area (TPSA) is 89.9 Å². The number of thioether (sulfide) groups is 1. The van der Waals surface area contributed by atoms with E-state index in [4.69, 9.17) is 10.3 Å². The monoisotopic (exact) mass is 509 g/mol.